The molecule has 1 aliphatic rings. The first-order valence-electron chi connectivity index (χ1n) is 5.71. The summed E-state index contributed by atoms with van der Waals surface area (Å²) in [6.07, 6.45) is 5.97. The standard InChI is InChI=1S/C11H21ClN2O/c1-11(2,12)8-13-10(15)14-9-6-4-3-5-7-9/h9H,3-8H2,1-2H3,(H2,13,14,15). The highest BCUT2D eigenvalue weighted by Crippen LogP contribution is 2.17. The molecule has 0 aromatic rings. The first-order chi connectivity index (χ1) is 6.97. The van der Waals surface area contributed by atoms with E-state index in [9.17, 15) is 4.79 Å². The Morgan fingerprint density at radius 1 is 1.33 bits per heavy atom. The molecule has 0 unspecified atom stereocenters. The predicted molar refractivity (Wildman–Crippen MR) is 63.3 cm³/mol. The van der Waals surface area contributed by atoms with Crippen molar-refractivity contribution in [3.05, 3.63) is 0 Å². The Balaban J connectivity index is 2.17. The molecule has 0 aliphatic heterocycles. The minimum Gasteiger partial charge on any atom is -0.336 e. The fraction of sp³-hybridized carbons (Fsp3) is 0.909. The molecule has 1 rings (SSSR count). The van der Waals surface area contributed by atoms with E-state index in [1.807, 2.05) is 13.8 Å². The Hall–Kier alpha value is -0.440. The third-order valence-electron chi connectivity index (χ3n) is 2.61. The molecule has 0 atom stereocenters. The van der Waals surface area contributed by atoms with E-state index in [1.54, 1.807) is 0 Å². The van der Waals surface area contributed by atoms with E-state index >= 15 is 0 Å². The number of alkyl halides is 1. The topological polar surface area (TPSA) is 41.1 Å². The van der Waals surface area contributed by atoms with Gasteiger partial charge in [0.05, 0.1) is 4.87 Å². The number of amides is 2. The SMILES string of the molecule is CC(C)(Cl)CNC(=O)NC1CCCCC1. The quantitative estimate of drug-likeness (QED) is 0.722. The minimum atomic E-state index is -0.371. The van der Waals surface area contributed by atoms with Gasteiger partial charge >= 0.3 is 6.03 Å². The second-order valence-corrected chi connectivity index (χ2v) is 5.90. The Morgan fingerprint density at radius 3 is 2.47 bits per heavy atom. The van der Waals surface area contributed by atoms with Gasteiger partial charge in [0.1, 0.15) is 0 Å². The van der Waals surface area contributed by atoms with Crippen LogP contribution in [0.2, 0.25) is 0 Å². The normalized spacial score (nSPS) is 18.6. The lowest BCUT2D eigenvalue weighted by Crippen LogP contribution is -2.46. The van der Waals surface area contributed by atoms with Crippen LogP contribution < -0.4 is 10.6 Å². The highest BCUT2D eigenvalue weighted by Gasteiger charge is 2.18. The van der Waals surface area contributed by atoms with Gasteiger partial charge < -0.3 is 10.6 Å². The molecule has 0 heterocycles. The molecule has 1 saturated carbocycles. The molecule has 88 valence electrons. The molecule has 0 radical (unpaired) electrons. The summed E-state index contributed by atoms with van der Waals surface area (Å²) < 4.78 is 0. The van der Waals surface area contributed by atoms with Gasteiger partial charge in [-0.15, -0.1) is 11.6 Å². The van der Waals surface area contributed by atoms with Crippen molar-refractivity contribution in [1.82, 2.24) is 10.6 Å². The van der Waals surface area contributed by atoms with Gasteiger partial charge in [-0.1, -0.05) is 19.3 Å². The molecular formula is C11H21ClN2O. The summed E-state index contributed by atoms with van der Waals surface area (Å²) in [5.74, 6) is 0. The highest BCUT2D eigenvalue weighted by atomic mass is 35.5. The summed E-state index contributed by atoms with van der Waals surface area (Å²) in [5, 5.41) is 5.77. The van der Waals surface area contributed by atoms with Gasteiger partial charge in [-0.05, 0) is 26.7 Å². The number of carbonyl (C=O) groups excluding carboxylic acids is 1. The summed E-state index contributed by atoms with van der Waals surface area (Å²) >= 11 is 5.98. The predicted octanol–water partition coefficient (Wildman–Crippen LogP) is 2.64. The van der Waals surface area contributed by atoms with Crippen LogP contribution in [-0.4, -0.2) is 23.5 Å². The Labute approximate surface area is 96.9 Å². The Kier molecular flexibility index (Phi) is 4.71. The number of halogens is 1. The fourth-order valence-electron chi connectivity index (χ4n) is 1.77. The molecule has 0 saturated heterocycles. The van der Waals surface area contributed by atoms with Crippen molar-refractivity contribution in [2.45, 2.75) is 56.9 Å². The van der Waals surface area contributed by atoms with Gasteiger partial charge in [0.15, 0.2) is 0 Å². The van der Waals surface area contributed by atoms with Crippen molar-refractivity contribution in [1.29, 1.82) is 0 Å². The molecule has 0 bridgehead atoms. The number of hydrogen-bond donors (Lipinski definition) is 2. The number of nitrogens with one attached hydrogen (secondary N) is 2. The van der Waals surface area contributed by atoms with Gasteiger partial charge in [-0.2, -0.15) is 0 Å². The Bertz CT molecular complexity index is 207. The maximum atomic E-state index is 11.5. The maximum Gasteiger partial charge on any atom is 0.315 e. The van der Waals surface area contributed by atoms with Crippen LogP contribution in [0.4, 0.5) is 4.79 Å². The van der Waals surface area contributed by atoms with Crippen molar-refractivity contribution >= 4 is 17.6 Å². The van der Waals surface area contributed by atoms with Crippen LogP contribution in [-0.2, 0) is 0 Å². The van der Waals surface area contributed by atoms with Crippen LogP contribution in [0.25, 0.3) is 0 Å². The fourth-order valence-corrected chi connectivity index (χ4v) is 1.84. The summed E-state index contributed by atoms with van der Waals surface area (Å²) in [7, 11) is 0. The molecule has 0 aromatic carbocycles. The van der Waals surface area contributed by atoms with Crippen LogP contribution in [0.15, 0.2) is 0 Å². The summed E-state index contributed by atoms with van der Waals surface area (Å²) in [5.41, 5.74) is 0. The zero-order valence-corrected chi connectivity index (χ0v) is 10.4. The first kappa shape index (κ1) is 12.6. The molecule has 15 heavy (non-hydrogen) atoms. The van der Waals surface area contributed by atoms with Crippen molar-refractivity contribution in [2.24, 2.45) is 0 Å². The number of hydrogen-bond acceptors (Lipinski definition) is 1. The second-order valence-electron chi connectivity index (χ2n) is 4.88. The van der Waals surface area contributed by atoms with E-state index in [2.05, 4.69) is 10.6 Å². The number of rotatable bonds is 3. The summed E-state index contributed by atoms with van der Waals surface area (Å²) in [6, 6.07) is 0.271. The molecule has 2 amide bonds. The van der Waals surface area contributed by atoms with Gasteiger partial charge in [0.25, 0.3) is 0 Å². The highest BCUT2D eigenvalue weighted by molar-refractivity contribution is 6.23. The molecular weight excluding hydrogens is 212 g/mol. The first-order valence-corrected chi connectivity index (χ1v) is 6.08. The van der Waals surface area contributed by atoms with Crippen molar-refractivity contribution in [3.8, 4) is 0 Å². The van der Waals surface area contributed by atoms with Crippen molar-refractivity contribution in [3.63, 3.8) is 0 Å². The van der Waals surface area contributed by atoms with Crippen molar-refractivity contribution in [2.75, 3.05) is 6.54 Å². The van der Waals surface area contributed by atoms with E-state index in [4.69, 9.17) is 11.6 Å². The van der Waals surface area contributed by atoms with E-state index in [1.165, 1.54) is 19.3 Å². The lowest BCUT2D eigenvalue weighted by Gasteiger charge is -2.24. The molecule has 1 fully saturated rings. The van der Waals surface area contributed by atoms with Crippen LogP contribution in [0, 0.1) is 0 Å². The van der Waals surface area contributed by atoms with Gasteiger partial charge in [0, 0.05) is 12.6 Å². The average Bonchev–Trinajstić information content (AvgIpc) is 2.15. The lowest BCUT2D eigenvalue weighted by molar-refractivity contribution is 0.232. The molecule has 1 aliphatic carbocycles. The Morgan fingerprint density at radius 2 is 1.93 bits per heavy atom. The molecule has 2 N–H and O–H groups in total. The van der Waals surface area contributed by atoms with Crippen LogP contribution in [0.3, 0.4) is 0 Å². The third-order valence-corrected chi connectivity index (χ3v) is 2.74. The summed E-state index contributed by atoms with van der Waals surface area (Å²) in [4.78, 5) is 11.1. The molecule has 4 heteroatoms. The van der Waals surface area contributed by atoms with Crippen LogP contribution in [0.5, 0.6) is 0 Å². The summed E-state index contributed by atoms with van der Waals surface area (Å²) in [6.45, 7) is 4.26. The minimum absolute atomic E-state index is 0.0874. The van der Waals surface area contributed by atoms with Gasteiger partial charge in [0.2, 0.25) is 0 Å². The lowest BCUT2D eigenvalue weighted by atomic mass is 9.96. The molecule has 0 aromatic heterocycles. The number of urea groups is 1. The van der Waals surface area contributed by atoms with E-state index in [0.29, 0.717) is 12.6 Å². The maximum absolute atomic E-state index is 11.5. The molecule has 0 spiro atoms. The molecule has 3 nitrogen and oxygen atoms in total. The van der Waals surface area contributed by atoms with Gasteiger partial charge in [-0.3, -0.25) is 0 Å². The van der Waals surface area contributed by atoms with E-state index < -0.39 is 0 Å². The van der Waals surface area contributed by atoms with E-state index in [-0.39, 0.29) is 10.9 Å². The van der Waals surface area contributed by atoms with Crippen LogP contribution in [0.1, 0.15) is 46.0 Å². The smallest absolute Gasteiger partial charge is 0.315 e. The number of carbonyl (C=O) groups is 1. The van der Waals surface area contributed by atoms with Crippen LogP contribution >= 0.6 is 11.6 Å². The second kappa shape index (κ2) is 5.59. The monoisotopic (exact) mass is 232 g/mol. The van der Waals surface area contributed by atoms with Crippen molar-refractivity contribution < 1.29 is 4.79 Å². The zero-order valence-electron chi connectivity index (χ0n) is 9.61. The largest absolute Gasteiger partial charge is 0.336 e. The van der Waals surface area contributed by atoms with E-state index in [0.717, 1.165) is 12.8 Å². The average molecular weight is 233 g/mol. The zero-order chi connectivity index (χ0) is 11.3. The van der Waals surface area contributed by atoms with Gasteiger partial charge in [-0.25, -0.2) is 4.79 Å². The third kappa shape index (κ3) is 5.88.